The van der Waals surface area contributed by atoms with Crippen molar-refractivity contribution in [3.8, 4) is 5.75 Å². The summed E-state index contributed by atoms with van der Waals surface area (Å²) in [5, 5.41) is 0.480. The van der Waals surface area contributed by atoms with Gasteiger partial charge in [-0.15, -0.1) is 0 Å². The second-order valence-electron chi connectivity index (χ2n) is 7.29. The molecule has 1 N–H and O–H groups in total. The van der Waals surface area contributed by atoms with E-state index in [-0.39, 0.29) is 18.0 Å². The fraction of sp³-hybridized carbons (Fsp3) is 0.318. The molecule has 4 rings (SSSR count). The third kappa shape index (κ3) is 3.99. The minimum atomic E-state index is -0.271. The molecule has 3 aromatic rings. The molecular weight excluding hydrogens is 382 g/mol. The highest BCUT2D eigenvalue weighted by atomic mass is 16.5. The van der Waals surface area contributed by atoms with Crippen LogP contribution in [0.1, 0.15) is 5.82 Å². The quantitative estimate of drug-likeness (QED) is 0.692. The van der Waals surface area contributed by atoms with E-state index in [0.29, 0.717) is 16.7 Å². The van der Waals surface area contributed by atoms with Crippen LogP contribution in [0.5, 0.6) is 5.75 Å². The molecule has 2 heterocycles. The molecular formula is C22H25N5O3. The number of methoxy groups -OCH3 is 1. The highest BCUT2D eigenvalue weighted by molar-refractivity contribution is 5.86. The molecule has 0 atom stereocenters. The van der Waals surface area contributed by atoms with Gasteiger partial charge in [0.05, 0.1) is 30.2 Å². The number of benzene rings is 2. The van der Waals surface area contributed by atoms with Crippen LogP contribution in [-0.2, 0) is 4.79 Å². The second kappa shape index (κ2) is 8.54. The van der Waals surface area contributed by atoms with Crippen molar-refractivity contribution in [1.29, 1.82) is 0 Å². The molecule has 1 amide bonds. The lowest BCUT2D eigenvalue weighted by molar-refractivity contribution is -0.118. The first-order chi connectivity index (χ1) is 14.6. The van der Waals surface area contributed by atoms with Gasteiger partial charge >= 0.3 is 0 Å². The zero-order chi connectivity index (χ0) is 21.1. The lowest BCUT2D eigenvalue weighted by Gasteiger charge is -2.36. The lowest BCUT2D eigenvalue weighted by atomic mass is 10.2. The third-order valence-corrected chi connectivity index (χ3v) is 5.35. The average Bonchev–Trinajstić information content (AvgIpc) is 2.77. The van der Waals surface area contributed by atoms with Gasteiger partial charge in [0.2, 0.25) is 0 Å². The highest BCUT2D eigenvalue weighted by Crippen LogP contribution is 2.28. The van der Waals surface area contributed by atoms with E-state index in [4.69, 9.17) is 4.74 Å². The van der Waals surface area contributed by atoms with Crippen molar-refractivity contribution in [2.24, 2.45) is 0 Å². The number of hydrogen-bond donors (Lipinski definition) is 1. The minimum absolute atomic E-state index is 0.221. The monoisotopic (exact) mass is 407 g/mol. The Bertz CT molecular complexity index is 1120. The summed E-state index contributed by atoms with van der Waals surface area (Å²) in [6.07, 6.45) is 0. The number of hydrogen-bond acceptors (Lipinski definition) is 6. The molecule has 0 spiro atoms. The number of ether oxygens (including phenoxy) is 1. The van der Waals surface area contributed by atoms with E-state index in [9.17, 15) is 9.59 Å². The number of carbonyl (C=O) groups excluding carboxylic acids is 1. The molecule has 1 aromatic heterocycles. The van der Waals surface area contributed by atoms with Gasteiger partial charge in [0.25, 0.3) is 11.5 Å². The SMILES string of the molecule is COc1ccccc1N1CCN(CC(=O)Nn2c(C)nc3ccccc3c2=O)CC1. The van der Waals surface area contributed by atoms with Crippen LogP contribution >= 0.6 is 0 Å². The van der Waals surface area contributed by atoms with Gasteiger partial charge < -0.3 is 9.64 Å². The number of aromatic nitrogens is 2. The van der Waals surface area contributed by atoms with Crippen LogP contribution in [-0.4, -0.2) is 60.3 Å². The molecule has 0 radical (unpaired) electrons. The van der Waals surface area contributed by atoms with Crippen molar-refractivity contribution in [2.45, 2.75) is 6.92 Å². The Labute approximate surface area is 174 Å². The molecule has 0 saturated carbocycles. The first-order valence-electron chi connectivity index (χ1n) is 9.95. The van der Waals surface area contributed by atoms with Crippen LogP contribution in [0.3, 0.4) is 0 Å². The van der Waals surface area contributed by atoms with Crippen LogP contribution < -0.4 is 20.6 Å². The molecule has 0 bridgehead atoms. The van der Waals surface area contributed by atoms with E-state index in [1.54, 1.807) is 32.2 Å². The number of para-hydroxylation sites is 3. The Balaban J connectivity index is 1.39. The maximum absolute atomic E-state index is 12.7. The number of amides is 1. The molecule has 1 saturated heterocycles. The van der Waals surface area contributed by atoms with Gasteiger partial charge in [0.15, 0.2) is 0 Å². The highest BCUT2D eigenvalue weighted by Gasteiger charge is 2.21. The van der Waals surface area contributed by atoms with Gasteiger partial charge in [0.1, 0.15) is 11.6 Å². The summed E-state index contributed by atoms with van der Waals surface area (Å²) >= 11 is 0. The van der Waals surface area contributed by atoms with Crippen LogP contribution in [0.15, 0.2) is 53.3 Å². The number of nitrogens with one attached hydrogen (secondary N) is 1. The smallest absolute Gasteiger partial charge is 0.280 e. The molecule has 8 nitrogen and oxygen atoms in total. The molecule has 8 heteroatoms. The number of nitrogens with zero attached hydrogens (tertiary/aromatic N) is 4. The Morgan fingerprint density at radius 1 is 1.07 bits per heavy atom. The zero-order valence-electron chi connectivity index (χ0n) is 17.2. The molecule has 156 valence electrons. The molecule has 30 heavy (non-hydrogen) atoms. The Morgan fingerprint density at radius 2 is 1.77 bits per heavy atom. The number of carbonyl (C=O) groups is 1. The summed E-state index contributed by atoms with van der Waals surface area (Å²) in [7, 11) is 1.67. The van der Waals surface area contributed by atoms with Gasteiger partial charge in [-0.05, 0) is 31.2 Å². The van der Waals surface area contributed by atoms with E-state index in [1.165, 1.54) is 4.68 Å². The predicted octanol–water partition coefficient (Wildman–Crippen LogP) is 1.61. The summed E-state index contributed by atoms with van der Waals surface area (Å²) in [5.74, 6) is 1.07. The summed E-state index contributed by atoms with van der Waals surface area (Å²) in [5.41, 5.74) is 4.12. The van der Waals surface area contributed by atoms with Crippen molar-refractivity contribution in [3.63, 3.8) is 0 Å². The third-order valence-electron chi connectivity index (χ3n) is 5.35. The van der Waals surface area contributed by atoms with Crippen LogP contribution in [0, 0.1) is 6.92 Å². The summed E-state index contributed by atoms with van der Waals surface area (Å²) < 4.78 is 6.68. The number of aryl methyl sites for hydroxylation is 1. The van der Waals surface area contributed by atoms with E-state index >= 15 is 0 Å². The van der Waals surface area contributed by atoms with E-state index in [1.807, 2.05) is 30.3 Å². The summed E-state index contributed by atoms with van der Waals surface area (Å²) in [6.45, 7) is 5.01. The second-order valence-corrected chi connectivity index (χ2v) is 7.29. The maximum atomic E-state index is 12.7. The van der Waals surface area contributed by atoms with Crippen LogP contribution in [0.25, 0.3) is 10.9 Å². The van der Waals surface area contributed by atoms with E-state index in [2.05, 4.69) is 20.2 Å². The van der Waals surface area contributed by atoms with E-state index in [0.717, 1.165) is 37.6 Å². The maximum Gasteiger partial charge on any atom is 0.280 e. The van der Waals surface area contributed by atoms with Crippen molar-refractivity contribution in [2.75, 3.05) is 50.2 Å². The number of fused-ring (bicyclic) bond motifs is 1. The molecule has 1 fully saturated rings. The zero-order valence-corrected chi connectivity index (χ0v) is 17.2. The van der Waals surface area contributed by atoms with E-state index < -0.39 is 0 Å². The largest absolute Gasteiger partial charge is 0.495 e. The van der Waals surface area contributed by atoms with Gasteiger partial charge in [-0.2, -0.15) is 0 Å². The van der Waals surface area contributed by atoms with Crippen molar-refractivity contribution >= 4 is 22.5 Å². The summed E-state index contributed by atoms with van der Waals surface area (Å²) in [4.78, 5) is 34.1. The lowest BCUT2D eigenvalue weighted by Crippen LogP contribution is -2.50. The van der Waals surface area contributed by atoms with Gasteiger partial charge in [-0.3, -0.25) is 19.9 Å². The summed E-state index contributed by atoms with van der Waals surface area (Å²) in [6, 6.07) is 15.1. The fourth-order valence-corrected chi connectivity index (χ4v) is 3.78. The Hall–Kier alpha value is -3.39. The van der Waals surface area contributed by atoms with Crippen LogP contribution in [0.4, 0.5) is 5.69 Å². The standard InChI is InChI=1S/C22H25N5O3/c1-16-23-18-8-4-3-7-17(18)22(29)27(16)24-21(28)15-25-11-13-26(14-12-25)19-9-5-6-10-20(19)30-2/h3-10H,11-15H2,1-2H3,(H,24,28). The number of piperazine rings is 1. The predicted molar refractivity (Wildman–Crippen MR) is 117 cm³/mol. The first kappa shape index (κ1) is 19.9. The fourth-order valence-electron chi connectivity index (χ4n) is 3.78. The minimum Gasteiger partial charge on any atom is -0.495 e. The van der Waals surface area contributed by atoms with Gasteiger partial charge in [-0.1, -0.05) is 24.3 Å². The van der Waals surface area contributed by atoms with Crippen molar-refractivity contribution in [1.82, 2.24) is 14.6 Å². The Morgan fingerprint density at radius 3 is 2.53 bits per heavy atom. The van der Waals surface area contributed by atoms with Crippen molar-refractivity contribution in [3.05, 3.63) is 64.7 Å². The molecule has 2 aromatic carbocycles. The topological polar surface area (TPSA) is 79.7 Å². The number of rotatable bonds is 5. The Kier molecular flexibility index (Phi) is 5.67. The van der Waals surface area contributed by atoms with Crippen LogP contribution in [0.2, 0.25) is 0 Å². The molecule has 1 aliphatic heterocycles. The normalized spacial score (nSPS) is 14.7. The number of anilines is 1. The van der Waals surface area contributed by atoms with Gasteiger partial charge in [-0.25, -0.2) is 9.66 Å². The molecule has 0 aliphatic carbocycles. The van der Waals surface area contributed by atoms with Gasteiger partial charge in [0, 0.05) is 26.2 Å². The molecule has 0 unspecified atom stereocenters. The average molecular weight is 407 g/mol. The van der Waals surface area contributed by atoms with Crippen molar-refractivity contribution < 1.29 is 9.53 Å². The molecule has 1 aliphatic rings. The first-order valence-corrected chi connectivity index (χ1v) is 9.95.